The fourth-order valence-electron chi connectivity index (χ4n) is 3.08. The normalized spacial score (nSPS) is 18.4. The monoisotopic (exact) mass is 265 g/mol. The zero-order valence-electron chi connectivity index (χ0n) is 12.3. The summed E-state index contributed by atoms with van der Waals surface area (Å²) in [5.41, 5.74) is 0. The molecule has 1 aromatic rings. The molecule has 1 unspecified atom stereocenters. The first-order valence-electron chi connectivity index (χ1n) is 7.61. The molecule has 1 aliphatic rings. The number of nitrogens with zero attached hydrogens (tertiary/aromatic N) is 2. The number of hydrogen-bond donors (Lipinski definition) is 1. The van der Waals surface area contributed by atoms with Crippen LogP contribution in [0.1, 0.15) is 45.4 Å². The highest BCUT2D eigenvalue weighted by atomic mass is 16.5. The van der Waals surface area contributed by atoms with Crippen molar-refractivity contribution in [2.45, 2.75) is 58.0 Å². The molecule has 1 N–H and O–H groups in total. The summed E-state index contributed by atoms with van der Waals surface area (Å²) in [6, 6.07) is 0.559. The number of imidazole rings is 1. The molecule has 1 heterocycles. The van der Waals surface area contributed by atoms with Gasteiger partial charge in [0.15, 0.2) is 0 Å². The second kappa shape index (κ2) is 7.53. The van der Waals surface area contributed by atoms with E-state index in [-0.39, 0.29) is 0 Å². The van der Waals surface area contributed by atoms with Gasteiger partial charge in [-0.1, -0.05) is 26.2 Å². The molecular weight excluding hydrogens is 238 g/mol. The lowest BCUT2D eigenvalue weighted by Crippen LogP contribution is -2.31. The van der Waals surface area contributed by atoms with Gasteiger partial charge in [0.1, 0.15) is 0 Å². The van der Waals surface area contributed by atoms with Crippen LogP contribution >= 0.6 is 0 Å². The summed E-state index contributed by atoms with van der Waals surface area (Å²) in [6.07, 6.45) is 12.0. The number of ether oxygens (including phenoxy) is 1. The third-order valence-electron chi connectivity index (χ3n) is 4.22. The standard InChI is InChI=1S/C15H27N3O/c1-3-14(13-7-5-4-6-8-13)17-15-16-9-10-18(15)11-12-19-2/h9-10,13-14H,3-8,11-12H2,1-2H3,(H,16,17). The molecule has 0 radical (unpaired) electrons. The Bertz CT molecular complexity index is 358. The summed E-state index contributed by atoms with van der Waals surface area (Å²) < 4.78 is 7.29. The van der Waals surface area contributed by atoms with Crippen molar-refractivity contribution < 1.29 is 4.74 Å². The molecule has 4 nitrogen and oxygen atoms in total. The topological polar surface area (TPSA) is 39.1 Å². The average molecular weight is 265 g/mol. The van der Waals surface area contributed by atoms with Crippen molar-refractivity contribution in [1.82, 2.24) is 9.55 Å². The lowest BCUT2D eigenvalue weighted by Gasteiger charge is -2.30. The molecule has 1 aliphatic carbocycles. The van der Waals surface area contributed by atoms with Crippen molar-refractivity contribution >= 4 is 5.95 Å². The minimum absolute atomic E-state index is 0.559. The quantitative estimate of drug-likeness (QED) is 0.822. The number of hydrogen-bond acceptors (Lipinski definition) is 3. The van der Waals surface area contributed by atoms with Gasteiger partial charge in [-0.15, -0.1) is 0 Å². The van der Waals surface area contributed by atoms with Crippen LogP contribution in [0.5, 0.6) is 0 Å². The largest absolute Gasteiger partial charge is 0.383 e. The summed E-state index contributed by atoms with van der Waals surface area (Å²) >= 11 is 0. The van der Waals surface area contributed by atoms with E-state index in [2.05, 4.69) is 21.8 Å². The van der Waals surface area contributed by atoms with Crippen molar-refractivity contribution in [3.05, 3.63) is 12.4 Å². The molecule has 0 aromatic carbocycles. The second-order valence-electron chi connectivity index (χ2n) is 5.49. The van der Waals surface area contributed by atoms with Crippen LogP contribution in [0.25, 0.3) is 0 Å². The third-order valence-corrected chi connectivity index (χ3v) is 4.22. The Kier molecular flexibility index (Phi) is 5.70. The molecule has 108 valence electrons. The first-order valence-corrected chi connectivity index (χ1v) is 7.61. The molecule has 1 atom stereocenters. The van der Waals surface area contributed by atoms with Crippen molar-refractivity contribution in [3.8, 4) is 0 Å². The van der Waals surface area contributed by atoms with Crippen LogP contribution in [0.3, 0.4) is 0 Å². The third kappa shape index (κ3) is 3.96. The number of anilines is 1. The fraction of sp³-hybridized carbons (Fsp3) is 0.800. The molecule has 1 fully saturated rings. The maximum absolute atomic E-state index is 5.14. The Morgan fingerprint density at radius 1 is 1.42 bits per heavy atom. The van der Waals surface area contributed by atoms with Gasteiger partial charge in [0.25, 0.3) is 0 Å². The van der Waals surface area contributed by atoms with Gasteiger partial charge in [-0.3, -0.25) is 0 Å². The number of aromatic nitrogens is 2. The van der Waals surface area contributed by atoms with Gasteiger partial charge in [0.05, 0.1) is 6.61 Å². The highest BCUT2D eigenvalue weighted by Gasteiger charge is 2.23. The van der Waals surface area contributed by atoms with Gasteiger partial charge in [-0.2, -0.15) is 0 Å². The van der Waals surface area contributed by atoms with E-state index in [0.717, 1.165) is 25.0 Å². The van der Waals surface area contributed by atoms with E-state index in [1.54, 1.807) is 7.11 Å². The van der Waals surface area contributed by atoms with Gasteiger partial charge in [-0.05, 0) is 25.2 Å². The van der Waals surface area contributed by atoms with Crippen molar-refractivity contribution in [1.29, 1.82) is 0 Å². The SMILES string of the molecule is CCC(Nc1nccn1CCOC)C1CCCCC1. The Hall–Kier alpha value is -1.03. The van der Waals surface area contributed by atoms with E-state index in [0.29, 0.717) is 6.04 Å². The van der Waals surface area contributed by atoms with E-state index in [4.69, 9.17) is 4.74 Å². The van der Waals surface area contributed by atoms with E-state index in [1.807, 2.05) is 12.4 Å². The Balaban J connectivity index is 1.95. The number of rotatable bonds is 7. The molecule has 19 heavy (non-hydrogen) atoms. The Morgan fingerprint density at radius 2 is 2.21 bits per heavy atom. The molecule has 1 aromatic heterocycles. The molecular formula is C15H27N3O. The van der Waals surface area contributed by atoms with Gasteiger partial charge < -0.3 is 14.6 Å². The highest BCUT2D eigenvalue weighted by Crippen LogP contribution is 2.29. The molecule has 0 spiro atoms. The summed E-state index contributed by atoms with van der Waals surface area (Å²) in [4.78, 5) is 4.45. The summed E-state index contributed by atoms with van der Waals surface area (Å²) in [6.45, 7) is 3.86. The van der Waals surface area contributed by atoms with Crippen LogP contribution in [0.15, 0.2) is 12.4 Å². The first kappa shape index (κ1) is 14.4. The lowest BCUT2D eigenvalue weighted by molar-refractivity contribution is 0.187. The molecule has 0 saturated heterocycles. The van der Waals surface area contributed by atoms with Crippen molar-refractivity contribution in [2.24, 2.45) is 5.92 Å². The Labute approximate surface area is 116 Å². The second-order valence-corrected chi connectivity index (χ2v) is 5.49. The van der Waals surface area contributed by atoms with Crippen LogP contribution in [0.4, 0.5) is 5.95 Å². The maximum atomic E-state index is 5.14. The van der Waals surface area contributed by atoms with Crippen molar-refractivity contribution in [3.63, 3.8) is 0 Å². The lowest BCUT2D eigenvalue weighted by atomic mass is 9.83. The zero-order chi connectivity index (χ0) is 13.5. The van der Waals surface area contributed by atoms with E-state index in [9.17, 15) is 0 Å². The van der Waals surface area contributed by atoms with Gasteiger partial charge >= 0.3 is 0 Å². The van der Waals surface area contributed by atoms with Crippen LogP contribution in [0, 0.1) is 5.92 Å². The molecule has 0 aliphatic heterocycles. The minimum Gasteiger partial charge on any atom is -0.383 e. The fourth-order valence-corrected chi connectivity index (χ4v) is 3.08. The van der Waals surface area contributed by atoms with E-state index in [1.165, 1.54) is 38.5 Å². The molecule has 2 rings (SSSR count). The maximum Gasteiger partial charge on any atom is 0.203 e. The molecule has 1 saturated carbocycles. The van der Waals surface area contributed by atoms with E-state index < -0.39 is 0 Å². The average Bonchev–Trinajstić information content (AvgIpc) is 2.90. The Morgan fingerprint density at radius 3 is 2.89 bits per heavy atom. The van der Waals surface area contributed by atoms with Gasteiger partial charge in [-0.25, -0.2) is 4.98 Å². The van der Waals surface area contributed by atoms with Gasteiger partial charge in [0, 0.05) is 32.1 Å². The van der Waals surface area contributed by atoms with Crippen LogP contribution < -0.4 is 5.32 Å². The molecule has 0 amide bonds. The van der Waals surface area contributed by atoms with Crippen LogP contribution in [0.2, 0.25) is 0 Å². The predicted molar refractivity (Wildman–Crippen MR) is 78.4 cm³/mol. The summed E-state index contributed by atoms with van der Waals surface area (Å²) in [5, 5.41) is 3.65. The predicted octanol–water partition coefficient (Wildman–Crippen LogP) is 3.30. The van der Waals surface area contributed by atoms with Crippen LogP contribution in [-0.2, 0) is 11.3 Å². The number of nitrogens with one attached hydrogen (secondary N) is 1. The summed E-state index contributed by atoms with van der Waals surface area (Å²) in [7, 11) is 1.74. The minimum atomic E-state index is 0.559. The molecule has 0 bridgehead atoms. The van der Waals surface area contributed by atoms with Crippen LogP contribution in [-0.4, -0.2) is 29.3 Å². The highest BCUT2D eigenvalue weighted by molar-refractivity contribution is 5.28. The summed E-state index contributed by atoms with van der Waals surface area (Å²) in [5.74, 6) is 1.81. The zero-order valence-corrected chi connectivity index (χ0v) is 12.3. The first-order chi connectivity index (χ1) is 9.35. The smallest absolute Gasteiger partial charge is 0.203 e. The van der Waals surface area contributed by atoms with Crippen molar-refractivity contribution in [2.75, 3.05) is 19.0 Å². The van der Waals surface area contributed by atoms with Gasteiger partial charge in [0.2, 0.25) is 5.95 Å². The van der Waals surface area contributed by atoms with E-state index >= 15 is 0 Å². The molecule has 4 heteroatoms. The number of methoxy groups -OCH3 is 1.